The van der Waals surface area contributed by atoms with E-state index >= 15 is 0 Å². The minimum Gasteiger partial charge on any atom is -0.395 e. The first kappa shape index (κ1) is 16.6. The summed E-state index contributed by atoms with van der Waals surface area (Å²) in [6.45, 7) is 2.13. The molecule has 0 aromatic heterocycles. The number of aliphatic hydroxyl groups excluding tert-OH is 1. The molecular formula is C14H18FNO3S. The number of aliphatic hydroxyl groups is 1. The molecule has 0 aliphatic heterocycles. The second kappa shape index (κ2) is 7.39. The van der Waals surface area contributed by atoms with E-state index in [1.165, 1.54) is 17.4 Å². The lowest BCUT2D eigenvalue weighted by Gasteiger charge is -2.17. The van der Waals surface area contributed by atoms with Crippen LogP contribution >= 0.6 is 0 Å². The first-order chi connectivity index (χ1) is 9.43. The van der Waals surface area contributed by atoms with E-state index in [0.29, 0.717) is 13.0 Å². The molecule has 4 nitrogen and oxygen atoms in total. The number of rotatable bonds is 5. The van der Waals surface area contributed by atoms with Gasteiger partial charge in [-0.1, -0.05) is 18.8 Å². The molecule has 0 atom stereocenters. The highest BCUT2D eigenvalue weighted by Gasteiger charge is 2.23. The number of benzene rings is 1. The van der Waals surface area contributed by atoms with E-state index in [1.54, 1.807) is 0 Å². The van der Waals surface area contributed by atoms with Gasteiger partial charge < -0.3 is 5.11 Å². The quantitative estimate of drug-likeness (QED) is 0.840. The summed E-state index contributed by atoms with van der Waals surface area (Å²) in [4.78, 5) is -0.0136. The van der Waals surface area contributed by atoms with Crippen molar-refractivity contribution < 1.29 is 17.9 Å². The predicted molar refractivity (Wildman–Crippen MR) is 75.1 cm³/mol. The normalized spacial score (nSPS) is 11.2. The maximum absolute atomic E-state index is 13.3. The average Bonchev–Trinajstić information content (AvgIpc) is 2.39. The Hall–Kier alpha value is -1.42. The fraction of sp³-hybridized carbons (Fsp3) is 0.429. The van der Waals surface area contributed by atoms with Gasteiger partial charge in [0.1, 0.15) is 5.82 Å². The first-order valence-electron chi connectivity index (χ1n) is 6.29. The molecule has 0 bridgehead atoms. The van der Waals surface area contributed by atoms with Gasteiger partial charge in [0.2, 0.25) is 10.0 Å². The first-order valence-corrected chi connectivity index (χ1v) is 7.73. The zero-order valence-corrected chi connectivity index (χ0v) is 12.4. The van der Waals surface area contributed by atoms with Crippen molar-refractivity contribution in [3.05, 3.63) is 29.6 Å². The smallest absolute Gasteiger partial charge is 0.244 e. The average molecular weight is 299 g/mol. The summed E-state index contributed by atoms with van der Waals surface area (Å²) in [7, 11) is -2.20. The number of hydrogen-bond acceptors (Lipinski definition) is 3. The maximum atomic E-state index is 13.3. The third-order valence-electron chi connectivity index (χ3n) is 2.63. The van der Waals surface area contributed by atoms with Crippen molar-refractivity contribution in [2.75, 3.05) is 20.2 Å². The van der Waals surface area contributed by atoms with Crippen LogP contribution in [-0.4, -0.2) is 38.0 Å². The van der Waals surface area contributed by atoms with Gasteiger partial charge in [-0.2, -0.15) is 0 Å². The van der Waals surface area contributed by atoms with Crippen LogP contribution in [0.2, 0.25) is 0 Å². The zero-order valence-electron chi connectivity index (χ0n) is 11.6. The molecule has 0 aliphatic rings. The highest BCUT2D eigenvalue weighted by Crippen LogP contribution is 2.20. The predicted octanol–water partition coefficient (Wildman–Crippen LogP) is 1.59. The van der Waals surface area contributed by atoms with E-state index in [4.69, 9.17) is 5.11 Å². The summed E-state index contributed by atoms with van der Waals surface area (Å²) >= 11 is 0. The van der Waals surface area contributed by atoms with E-state index in [-0.39, 0.29) is 23.5 Å². The lowest BCUT2D eigenvalue weighted by molar-refractivity contribution is 0.305. The standard InChI is InChI=1S/C14H18FNO3S/c1-3-9-16(2)20(18,19)14-8-7-13(15)11-12(14)6-4-5-10-17/h7-8,11,17H,3,5,9-10H2,1-2H3. The van der Waals surface area contributed by atoms with Gasteiger partial charge in [-0.25, -0.2) is 17.1 Å². The Bertz CT molecular complexity index is 617. The Balaban J connectivity index is 3.28. The number of halogens is 1. The van der Waals surface area contributed by atoms with Crippen LogP contribution in [0.25, 0.3) is 0 Å². The van der Waals surface area contributed by atoms with E-state index in [0.717, 1.165) is 12.1 Å². The van der Waals surface area contributed by atoms with Crippen LogP contribution in [0, 0.1) is 17.7 Å². The number of sulfonamides is 1. The molecule has 0 radical (unpaired) electrons. The molecule has 0 unspecified atom stereocenters. The second-order valence-electron chi connectivity index (χ2n) is 4.24. The molecule has 1 aromatic rings. The molecule has 0 amide bonds. The van der Waals surface area contributed by atoms with Crippen molar-refractivity contribution in [3.63, 3.8) is 0 Å². The van der Waals surface area contributed by atoms with Gasteiger partial charge in [-0.15, -0.1) is 0 Å². The highest BCUT2D eigenvalue weighted by molar-refractivity contribution is 7.89. The van der Waals surface area contributed by atoms with Gasteiger partial charge in [-0.05, 0) is 24.6 Å². The maximum Gasteiger partial charge on any atom is 0.244 e. The summed E-state index contributed by atoms with van der Waals surface area (Å²) in [5.41, 5.74) is 0.112. The number of hydrogen-bond donors (Lipinski definition) is 1. The lowest BCUT2D eigenvalue weighted by Crippen LogP contribution is -2.28. The molecule has 0 fully saturated rings. The molecule has 0 aliphatic carbocycles. The van der Waals surface area contributed by atoms with E-state index < -0.39 is 15.8 Å². The van der Waals surface area contributed by atoms with Gasteiger partial charge in [-0.3, -0.25) is 0 Å². The molecule has 6 heteroatoms. The fourth-order valence-corrected chi connectivity index (χ4v) is 3.03. The van der Waals surface area contributed by atoms with Gasteiger partial charge in [0.05, 0.1) is 11.5 Å². The van der Waals surface area contributed by atoms with Crippen LogP contribution in [0.4, 0.5) is 4.39 Å². The minimum absolute atomic E-state index is 0.0136. The van der Waals surface area contributed by atoms with Crippen LogP contribution in [0.3, 0.4) is 0 Å². The molecule has 0 spiro atoms. The molecule has 1 N–H and O–H groups in total. The molecule has 0 heterocycles. The van der Waals surface area contributed by atoms with Crippen molar-refractivity contribution >= 4 is 10.0 Å². The Morgan fingerprint density at radius 2 is 2.10 bits per heavy atom. The third kappa shape index (κ3) is 4.04. The van der Waals surface area contributed by atoms with E-state index in [9.17, 15) is 12.8 Å². The molecule has 1 rings (SSSR count). The van der Waals surface area contributed by atoms with E-state index in [1.807, 2.05) is 6.92 Å². The zero-order chi connectivity index (χ0) is 15.2. The molecule has 1 aromatic carbocycles. The van der Waals surface area contributed by atoms with Crippen molar-refractivity contribution in [2.45, 2.75) is 24.7 Å². The van der Waals surface area contributed by atoms with Crippen LogP contribution < -0.4 is 0 Å². The van der Waals surface area contributed by atoms with Gasteiger partial charge in [0, 0.05) is 25.6 Å². The van der Waals surface area contributed by atoms with E-state index in [2.05, 4.69) is 11.8 Å². The van der Waals surface area contributed by atoms with Crippen LogP contribution in [-0.2, 0) is 10.0 Å². The van der Waals surface area contributed by atoms with Crippen molar-refractivity contribution in [3.8, 4) is 11.8 Å². The Kier molecular flexibility index (Phi) is 6.14. The third-order valence-corrected chi connectivity index (χ3v) is 4.54. The summed E-state index contributed by atoms with van der Waals surface area (Å²) in [5, 5.41) is 8.68. The van der Waals surface area contributed by atoms with Crippen molar-refractivity contribution in [1.29, 1.82) is 0 Å². The summed E-state index contributed by atoms with van der Waals surface area (Å²) in [6, 6.07) is 3.42. The largest absolute Gasteiger partial charge is 0.395 e. The lowest BCUT2D eigenvalue weighted by atomic mass is 10.2. The minimum atomic E-state index is -3.68. The highest BCUT2D eigenvalue weighted by atomic mass is 32.2. The Morgan fingerprint density at radius 1 is 1.40 bits per heavy atom. The summed E-state index contributed by atoms with van der Waals surface area (Å²) < 4.78 is 39.2. The SMILES string of the molecule is CCCN(C)S(=O)(=O)c1ccc(F)cc1C#CCCO. The fourth-order valence-electron chi connectivity index (χ4n) is 1.64. The Labute approximate surface area is 119 Å². The topological polar surface area (TPSA) is 57.6 Å². The van der Waals surface area contributed by atoms with Crippen molar-refractivity contribution in [1.82, 2.24) is 4.31 Å². The monoisotopic (exact) mass is 299 g/mol. The van der Waals surface area contributed by atoms with Crippen LogP contribution in [0.5, 0.6) is 0 Å². The second-order valence-corrected chi connectivity index (χ2v) is 6.26. The van der Waals surface area contributed by atoms with Crippen molar-refractivity contribution in [2.24, 2.45) is 0 Å². The summed E-state index contributed by atoms with van der Waals surface area (Å²) in [5.74, 6) is 4.67. The molecule has 20 heavy (non-hydrogen) atoms. The van der Waals surface area contributed by atoms with Crippen LogP contribution in [0.15, 0.2) is 23.1 Å². The van der Waals surface area contributed by atoms with Crippen LogP contribution in [0.1, 0.15) is 25.3 Å². The molecule has 0 saturated carbocycles. The van der Waals surface area contributed by atoms with Gasteiger partial charge in [0.25, 0.3) is 0 Å². The van der Waals surface area contributed by atoms with Gasteiger partial charge in [0.15, 0.2) is 0 Å². The van der Waals surface area contributed by atoms with Gasteiger partial charge >= 0.3 is 0 Å². The summed E-state index contributed by atoms with van der Waals surface area (Å²) in [6.07, 6.45) is 0.892. The molecule has 0 saturated heterocycles. The molecular weight excluding hydrogens is 281 g/mol. The number of nitrogens with zero attached hydrogens (tertiary/aromatic N) is 1. The Morgan fingerprint density at radius 3 is 2.70 bits per heavy atom. The molecule has 110 valence electrons.